The smallest absolute Gasteiger partial charge is 0.254 e. The topological polar surface area (TPSA) is 65.1 Å². The highest BCUT2D eigenvalue weighted by Gasteiger charge is 2.22. The van der Waals surface area contributed by atoms with E-state index in [0.29, 0.717) is 12.4 Å². The Hall–Kier alpha value is -2.99. The van der Waals surface area contributed by atoms with Crippen LogP contribution in [-0.4, -0.2) is 39.5 Å². The minimum Gasteiger partial charge on any atom is -0.372 e. The van der Waals surface area contributed by atoms with Crippen molar-refractivity contribution >= 4 is 5.69 Å². The number of H-pyrrole nitrogens is 1. The zero-order valence-corrected chi connectivity index (χ0v) is 17.4. The van der Waals surface area contributed by atoms with Crippen LogP contribution in [0, 0.1) is 0 Å². The molecule has 0 atom stereocenters. The fourth-order valence-electron chi connectivity index (χ4n) is 4.69. The molecule has 0 saturated carbocycles. The summed E-state index contributed by atoms with van der Waals surface area (Å²) < 4.78 is 0. The molecule has 2 aromatic heterocycles. The predicted molar refractivity (Wildman–Crippen MR) is 119 cm³/mol. The van der Waals surface area contributed by atoms with Gasteiger partial charge in [0.25, 0.3) is 5.56 Å². The molecule has 4 heterocycles. The summed E-state index contributed by atoms with van der Waals surface area (Å²) >= 11 is 0. The summed E-state index contributed by atoms with van der Waals surface area (Å²) in [5.74, 6) is 0.622. The minimum atomic E-state index is -0.0140. The van der Waals surface area contributed by atoms with Crippen LogP contribution >= 0.6 is 0 Å². The lowest BCUT2D eigenvalue weighted by Gasteiger charge is -2.31. The van der Waals surface area contributed by atoms with Crippen LogP contribution < -0.4 is 10.5 Å². The summed E-state index contributed by atoms with van der Waals surface area (Å²) in [6.45, 7) is 6.92. The molecule has 0 fully saturated rings. The molecular weight excluding hydrogens is 374 g/mol. The first-order chi connectivity index (χ1) is 14.7. The molecule has 154 valence electrons. The fourth-order valence-corrected chi connectivity index (χ4v) is 4.69. The van der Waals surface area contributed by atoms with Crippen molar-refractivity contribution in [3.8, 4) is 11.4 Å². The van der Waals surface area contributed by atoms with Crippen molar-refractivity contribution in [1.82, 2.24) is 19.9 Å². The number of aromatic nitrogens is 3. The maximum absolute atomic E-state index is 12.6. The van der Waals surface area contributed by atoms with Gasteiger partial charge in [0.15, 0.2) is 0 Å². The third kappa shape index (κ3) is 3.63. The Morgan fingerprint density at radius 2 is 1.97 bits per heavy atom. The second-order valence-electron chi connectivity index (χ2n) is 8.18. The van der Waals surface area contributed by atoms with Crippen molar-refractivity contribution in [2.75, 3.05) is 24.5 Å². The maximum atomic E-state index is 12.6. The zero-order chi connectivity index (χ0) is 20.5. The van der Waals surface area contributed by atoms with Crippen LogP contribution in [0.3, 0.4) is 0 Å². The van der Waals surface area contributed by atoms with E-state index in [4.69, 9.17) is 4.98 Å². The van der Waals surface area contributed by atoms with E-state index in [2.05, 4.69) is 44.9 Å². The molecule has 0 aliphatic carbocycles. The lowest BCUT2D eigenvalue weighted by atomic mass is 9.98. The molecule has 30 heavy (non-hydrogen) atoms. The molecule has 0 amide bonds. The average molecular weight is 402 g/mol. The van der Waals surface area contributed by atoms with Gasteiger partial charge in [0.05, 0.1) is 5.69 Å². The van der Waals surface area contributed by atoms with E-state index in [-0.39, 0.29) is 5.56 Å². The third-order valence-corrected chi connectivity index (χ3v) is 6.25. The first-order valence-electron chi connectivity index (χ1n) is 10.8. The van der Waals surface area contributed by atoms with E-state index < -0.39 is 0 Å². The molecule has 0 bridgehead atoms. The van der Waals surface area contributed by atoms with Crippen LogP contribution in [0.4, 0.5) is 5.69 Å². The molecule has 2 aliphatic heterocycles. The third-order valence-electron chi connectivity index (χ3n) is 6.25. The van der Waals surface area contributed by atoms with Gasteiger partial charge in [-0.15, -0.1) is 0 Å². The summed E-state index contributed by atoms with van der Waals surface area (Å²) in [5, 5.41) is 0. The van der Waals surface area contributed by atoms with Crippen molar-refractivity contribution in [2.45, 2.75) is 39.3 Å². The maximum Gasteiger partial charge on any atom is 0.254 e. The molecule has 0 spiro atoms. The molecule has 2 aliphatic rings. The first-order valence-corrected chi connectivity index (χ1v) is 10.8. The Bertz CT molecular complexity index is 1110. The Morgan fingerprint density at radius 1 is 1.10 bits per heavy atom. The van der Waals surface area contributed by atoms with Gasteiger partial charge in [-0.1, -0.05) is 12.1 Å². The Labute approximate surface area is 176 Å². The highest BCUT2D eigenvalue weighted by atomic mass is 16.1. The number of anilines is 1. The Balaban J connectivity index is 1.37. The highest BCUT2D eigenvalue weighted by Crippen LogP contribution is 2.29. The highest BCUT2D eigenvalue weighted by molar-refractivity contribution is 5.57. The van der Waals surface area contributed by atoms with Crippen molar-refractivity contribution in [2.24, 2.45) is 0 Å². The quantitative estimate of drug-likeness (QED) is 0.728. The van der Waals surface area contributed by atoms with Gasteiger partial charge in [-0.25, -0.2) is 4.98 Å². The van der Waals surface area contributed by atoms with Gasteiger partial charge in [-0.3, -0.25) is 14.7 Å². The molecule has 1 aromatic carbocycles. The van der Waals surface area contributed by atoms with Crippen molar-refractivity contribution < 1.29 is 0 Å². The van der Waals surface area contributed by atoms with Crippen molar-refractivity contribution in [3.63, 3.8) is 0 Å². The number of fused-ring (bicyclic) bond motifs is 2. The summed E-state index contributed by atoms with van der Waals surface area (Å²) in [5.41, 5.74) is 6.80. The van der Waals surface area contributed by atoms with E-state index >= 15 is 0 Å². The van der Waals surface area contributed by atoms with Gasteiger partial charge in [-0.2, -0.15) is 0 Å². The van der Waals surface area contributed by atoms with Gasteiger partial charge in [0.2, 0.25) is 0 Å². The molecule has 5 rings (SSSR count). The number of aromatic amines is 1. The lowest BCUT2D eigenvalue weighted by molar-refractivity contribution is 0.240. The summed E-state index contributed by atoms with van der Waals surface area (Å²) in [7, 11) is 0. The predicted octanol–water partition coefficient (Wildman–Crippen LogP) is 3.16. The molecular formula is C24H27N5O. The number of nitrogens with one attached hydrogen (secondary N) is 1. The average Bonchev–Trinajstić information content (AvgIpc) is 2.79. The number of nitrogens with zero attached hydrogens (tertiary/aromatic N) is 4. The Morgan fingerprint density at radius 3 is 2.80 bits per heavy atom. The van der Waals surface area contributed by atoms with Gasteiger partial charge in [0.1, 0.15) is 5.82 Å². The molecule has 3 aromatic rings. The van der Waals surface area contributed by atoms with E-state index in [0.717, 1.165) is 55.8 Å². The van der Waals surface area contributed by atoms with Crippen molar-refractivity contribution in [1.29, 1.82) is 0 Å². The summed E-state index contributed by atoms with van der Waals surface area (Å²) in [4.78, 5) is 29.3. The van der Waals surface area contributed by atoms with Gasteiger partial charge < -0.3 is 9.88 Å². The van der Waals surface area contributed by atoms with Crippen LogP contribution in [0.25, 0.3) is 11.4 Å². The molecule has 0 radical (unpaired) electrons. The van der Waals surface area contributed by atoms with E-state index in [1.807, 2.05) is 12.1 Å². The van der Waals surface area contributed by atoms with Crippen LogP contribution in [0.15, 0.2) is 47.5 Å². The van der Waals surface area contributed by atoms with Crippen LogP contribution in [0.5, 0.6) is 0 Å². The van der Waals surface area contributed by atoms with Crippen LogP contribution in [0.1, 0.15) is 35.7 Å². The number of benzene rings is 1. The van der Waals surface area contributed by atoms with Crippen LogP contribution in [-0.2, 0) is 25.9 Å². The minimum absolute atomic E-state index is 0.0140. The largest absolute Gasteiger partial charge is 0.372 e. The van der Waals surface area contributed by atoms with Crippen molar-refractivity contribution in [3.05, 3.63) is 75.5 Å². The summed E-state index contributed by atoms with van der Waals surface area (Å²) in [6.07, 6.45) is 6.57. The zero-order valence-electron chi connectivity index (χ0n) is 17.4. The fraction of sp³-hybridized carbons (Fsp3) is 0.375. The first kappa shape index (κ1) is 19.0. The van der Waals surface area contributed by atoms with E-state index in [9.17, 15) is 4.79 Å². The molecule has 6 heteroatoms. The number of hydrogen-bond acceptors (Lipinski definition) is 5. The number of hydrogen-bond donors (Lipinski definition) is 1. The Kier molecular flexibility index (Phi) is 5.09. The molecule has 6 nitrogen and oxygen atoms in total. The second-order valence-corrected chi connectivity index (χ2v) is 8.18. The summed E-state index contributed by atoms with van der Waals surface area (Å²) in [6, 6.07) is 10.7. The van der Waals surface area contributed by atoms with Gasteiger partial charge in [-0.05, 0) is 55.5 Å². The molecule has 0 saturated heterocycles. The number of aryl methyl sites for hydroxylation is 1. The standard InChI is InChI=1S/C24H27N5O/c1-2-29-12-3-4-19-14-17(5-6-22(19)29)15-28-13-9-20-21(16-28)26-23(27-24(20)30)18-7-10-25-11-8-18/h5-8,10-11,14H,2-4,9,12-13,15-16H2,1H3,(H,26,27,30). The SMILES string of the molecule is CCN1CCCc2cc(CN3CCc4c(nc(-c5ccncc5)[nH]c4=O)C3)ccc21. The normalized spacial score (nSPS) is 16.2. The van der Waals surface area contributed by atoms with Gasteiger partial charge in [0, 0.05) is 61.9 Å². The van der Waals surface area contributed by atoms with Gasteiger partial charge >= 0.3 is 0 Å². The molecule has 0 unspecified atom stereocenters. The van der Waals surface area contributed by atoms with E-state index in [1.165, 1.54) is 23.2 Å². The second kappa shape index (κ2) is 8.03. The molecule has 1 N–H and O–H groups in total. The van der Waals surface area contributed by atoms with E-state index in [1.54, 1.807) is 12.4 Å². The number of pyridine rings is 1. The monoisotopic (exact) mass is 401 g/mol. The lowest BCUT2D eigenvalue weighted by Crippen LogP contribution is -2.35. The van der Waals surface area contributed by atoms with Crippen LogP contribution in [0.2, 0.25) is 0 Å². The number of rotatable bonds is 4.